The van der Waals surface area contributed by atoms with Crippen LogP contribution >= 0.6 is 11.6 Å². The summed E-state index contributed by atoms with van der Waals surface area (Å²) in [5, 5.41) is 16.4. The lowest BCUT2D eigenvalue weighted by Crippen LogP contribution is -2.44. The number of carboxylic acid groups (broad SMARTS) is 1. The van der Waals surface area contributed by atoms with E-state index in [1.807, 2.05) is 11.9 Å². The number of aliphatic carboxylic acids is 1. The Labute approximate surface area is 176 Å². The molecule has 0 fully saturated rings. The minimum absolute atomic E-state index is 0.0939. The smallest absolute Gasteiger partial charge is 0.328 e. The SMILES string of the molecule is CN1CCC(C(=O)O)n2nc3c(c2C1)C(=O)N(C(=O)Nc1ccc(F)c(Cl)c1)CC3. The van der Waals surface area contributed by atoms with Gasteiger partial charge in [0, 0.05) is 31.7 Å². The Morgan fingerprint density at radius 1 is 1.33 bits per heavy atom. The van der Waals surface area contributed by atoms with Crippen molar-refractivity contribution in [3.05, 3.63) is 46.0 Å². The maximum absolute atomic E-state index is 13.3. The number of imide groups is 1. The topological polar surface area (TPSA) is 108 Å². The van der Waals surface area contributed by atoms with Gasteiger partial charge in [-0.2, -0.15) is 5.10 Å². The molecule has 0 saturated heterocycles. The van der Waals surface area contributed by atoms with Gasteiger partial charge in [0.15, 0.2) is 6.04 Å². The highest BCUT2D eigenvalue weighted by Crippen LogP contribution is 2.30. The van der Waals surface area contributed by atoms with Gasteiger partial charge in [-0.3, -0.25) is 14.4 Å². The van der Waals surface area contributed by atoms with E-state index in [1.165, 1.54) is 16.8 Å². The minimum atomic E-state index is -1.01. The summed E-state index contributed by atoms with van der Waals surface area (Å²) in [5.41, 5.74) is 1.51. The lowest BCUT2D eigenvalue weighted by molar-refractivity contribution is -0.141. The summed E-state index contributed by atoms with van der Waals surface area (Å²) >= 11 is 5.74. The molecule has 0 aliphatic carbocycles. The van der Waals surface area contributed by atoms with Gasteiger partial charge in [-0.1, -0.05) is 11.6 Å². The lowest BCUT2D eigenvalue weighted by atomic mass is 10.0. The van der Waals surface area contributed by atoms with Crippen molar-refractivity contribution in [2.75, 3.05) is 25.5 Å². The van der Waals surface area contributed by atoms with E-state index < -0.39 is 29.8 Å². The van der Waals surface area contributed by atoms with Gasteiger partial charge in [0.25, 0.3) is 5.91 Å². The van der Waals surface area contributed by atoms with E-state index in [4.69, 9.17) is 11.6 Å². The van der Waals surface area contributed by atoms with E-state index in [-0.39, 0.29) is 22.8 Å². The summed E-state index contributed by atoms with van der Waals surface area (Å²) in [5.74, 6) is -2.17. The van der Waals surface area contributed by atoms with Crippen molar-refractivity contribution in [1.82, 2.24) is 19.6 Å². The largest absolute Gasteiger partial charge is 0.480 e. The number of nitrogens with one attached hydrogen (secondary N) is 1. The second kappa shape index (κ2) is 7.69. The van der Waals surface area contributed by atoms with Crippen LogP contribution in [0.5, 0.6) is 0 Å². The Hall–Kier alpha value is -2.98. The van der Waals surface area contributed by atoms with Crippen molar-refractivity contribution in [3.8, 4) is 0 Å². The molecule has 2 aliphatic rings. The van der Waals surface area contributed by atoms with Crippen LogP contribution in [-0.2, 0) is 17.8 Å². The molecule has 1 aromatic carbocycles. The molecule has 2 aromatic rings. The van der Waals surface area contributed by atoms with Crippen LogP contribution in [0.3, 0.4) is 0 Å². The number of rotatable bonds is 2. The van der Waals surface area contributed by atoms with Crippen molar-refractivity contribution in [2.45, 2.75) is 25.4 Å². The zero-order valence-corrected chi connectivity index (χ0v) is 16.8. The Morgan fingerprint density at radius 3 is 2.80 bits per heavy atom. The van der Waals surface area contributed by atoms with Crippen LogP contribution in [0, 0.1) is 5.82 Å². The highest BCUT2D eigenvalue weighted by molar-refractivity contribution is 6.31. The number of carbonyl (C=O) groups excluding carboxylic acids is 2. The predicted molar refractivity (Wildman–Crippen MR) is 105 cm³/mol. The highest BCUT2D eigenvalue weighted by atomic mass is 35.5. The van der Waals surface area contributed by atoms with E-state index in [2.05, 4.69) is 10.4 Å². The molecule has 0 saturated carbocycles. The van der Waals surface area contributed by atoms with E-state index in [9.17, 15) is 23.9 Å². The maximum atomic E-state index is 13.3. The number of hydrogen-bond donors (Lipinski definition) is 2. The molecule has 1 atom stereocenters. The molecular weight excluding hydrogens is 417 g/mol. The van der Waals surface area contributed by atoms with E-state index >= 15 is 0 Å². The van der Waals surface area contributed by atoms with Crippen LogP contribution in [0.1, 0.15) is 34.2 Å². The Kier molecular flexibility index (Phi) is 5.20. The molecule has 3 heterocycles. The summed E-state index contributed by atoms with van der Waals surface area (Å²) in [7, 11) is 1.84. The quantitative estimate of drug-likeness (QED) is 0.749. The fourth-order valence-electron chi connectivity index (χ4n) is 3.79. The first kappa shape index (κ1) is 20.3. The third-order valence-electron chi connectivity index (χ3n) is 5.31. The number of aromatic nitrogens is 2. The first-order valence-corrected chi connectivity index (χ1v) is 9.73. The fraction of sp³-hybridized carbons (Fsp3) is 0.368. The third-order valence-corrected chi connectivity index (χ3v) is 5.60. The predicted octanol–water partition coefficient (Wildman–Crippen LogP) is 2.37. The van der Waals surface area contributed by atoms with Crippen molar-refractivity contribution in [1.29, 1.82) is 0 Å². The molecule has 11 heteroatoms. The minimum Gasteiger partial charge on any atom is -0.480 e. The maximum Gasteiger partial charge on any atom is 0.328 e. The fourth-order valence-corrected chi connectivity index (χ4v) is 3.97. The molecule has 0 bridgehead atoms. The number of carboxylic acids is 1. The van der Waals surface area contributed by atoms with Crippen LogP contribution in [0.25, 0.3) is 0 Å². The van der Waals surface area contributed by atoms with Gasteiger partial charge in [0.05, 0.1) is 22.0 Å². The van der Waals surface area contributed by atoms with Gasteiger partial charge < -0.3 is 15.3 Å². The van der Waals surface area contributed by atoms with Gasteiger partial charge in [0.1, 0.15) is 5.82 Å². The molecule has 2 aliphatic heterocycles. The van der Waals surface area contributed by atoms with Crippen LogP contribution in [-0.4, -0.2) is 62.7 Å². The van der Waals surface area contributed by atoms with Crippen LogP contribution in [0.15, 0.2) is 18.2 Å². The van der Waals surface area contributed by atoms with Gasteiger partial charge in [-0.15, -0.1) is 0 Å². The zero-order valence-electron chi connectivity index (χ0n) is 16.1. The molecule has 4 rings (SSSR count). The zero-order chi connectivity index (χ0) is 21.6. The molecule has 0 spiro atoms. The number of urea groups is 1. The Bertz CT molecular complexity index is 1060. The summed E-state index contributed by atoms with van der Waals surface area (Å²) in [6, 6.07) is 2.18. The van der Waals surface area contributed by atoms with Gasteiger partial charge in [0.2, 0.25) is 0 Å². The number of anilines is 1. The second-order valence-electron chi connectivity index (χ2n) is 7.36. The summed E-state index contributed by atoms with van der Waals surface area (Å²) in [6.45, 7) is 0.982. The molecule has 158 valence electrons. The number of benzene rings is 1. The normalized spacial score (nSPS) is 19.1. The first-order chi connectivity index (χ1) is 14.3. The highest BCUT2D eigenvalue weighted by Gasteiger charge is 2.38. The van der Waals surface area contributed by atoms with Gasteiger partial charge in [-0.05, 0) is 31.7 Å². The monoisotopic (exact) mass is 435 g/mol. The number of nitrogens with zero attached hydrogens (tertiary/aromatic N) is 4. The molecule has 2 N–H and O–H groups in total. The standard InChI is InChI=1S/C19H19ClFN5O4/c1-24-6-5-14(18(28)29)26-15(9-24)16-13(23-26)4-7-25(17(16)27)19(30)22-10-2-3-12(21)11(20)8-10/h2-3,8,14H,4-7,9H2,1H3,(H,22,30)(H,28,29). The van der Waals surface area contributed by atoms with E-state index in [1.54, 1.807) is 0 Å². The molecular formula is C19H19ClFN5O4. The van der Waals surface area contributed by atoms with Crippen LogP contribution in [0.2, 0.25) is 5.02 Å². The molecule has 1 aromatic heterocycles. The average molecular weight is 436 g/mol. The number of hydrogen-bond acceptors (Lipinski definition) is 5. The van der Waals surface area contributed by atoms with E-state index in [0.717, 1.165) is 11.0 Å². The summed E-state index contributed by atoms with van der Waals surface area (Å²) in [6.07, 6.45) is 0.678. The van der Waals surface area contributed by atoms with Crippen molar-refractivity contribution in [3.63, 3.8) is 0 Å². The second-order valence-corrected chi connectivity index (χ2v) is 7.77. The van der Waals surface area contributed by atoms with Gasteiger partial charge >= 0.3 is 12.0 Å². The first-order valence-electron chi connectivity index (χ1n) is 9.35. The summed E-state index contributed by atoms with van der Waals surface area (Å²) < 4.78 is 14.7. The number of halogens is 2. The van der Waals surface area contributed by atoms with Crippen molar-refractivity contribution in [2.24, 2.45) is 0 Å². The molecule has 0 radical (unpaired) electrons. The molecule has 30 heavy (non-hydrogen) atoms. The Morgan fingerprint density at radius 2 is 2.10 bits per heavy atom. The van der Waals surface area contributed by atoms with E-state index in [0.29, 0.717) is 37.3 Å². The van der Waals surface area contributed by atoms with Gasteiger partial charge in [-0.25, -0.2) is 14.0 Å². The third kappa shape index (κ3) is 3.52. The molecule has 3 amide bonds. The average Bonchev–Trinajstić information content (AvgIpc) is 2.95. The lowest BCUT2D eigenvalue weighted by Gasteiger charge is -2.25. The van der Waals surface area contributed by atoms with Crippen molar-refractivity contribution >= 4 is 35.2 Å². The number of amides is 3. The Balaban J connectivity index is 1.64. The number of fused-ring (bicyclic) bond motifs is 3. The van der Waals surface area contributed by atoms with Crippen molar-refractivity contribution < 1.29 is 23.9 Å². The molecule has 9 nitrogen and oxygen atoms in total. The van der Waals surface area contributed by atoms with Crippen LogP contribution in [0.4, 0.5) is 14.9 Å². The summed E-state index contributed by atoms with van der Waals surface area (Å²) in [4.78, 5) is 40.5. The molecule has 1 unspecified atom stereocenters. The number of carbonyl (C=O) groups is 3. The van der Waals surface area contributed by atoms with Crippen LogP contribution < -0.4 is 5.32 Å².